The SMILES string of the molecule is CN1CC[C@H](Oc2cc(OCc3ccccc3)cc(Cl)n2)C1. The standard InChI is InChI=1S/C17H19ClN2O2/c1-20-8-7-14(11-20)22-17-10-15(9-16(18)19-17)21-12-13-5-3-2-4-6-13/h2-6,9-10,14H,7-8,11-12H2,1H3/t14-/m0/s1. The maximum absolute atomic E-state index is 6.06. The van der Waals surface area contributed by atoms with E-state index in [1.54, 1.807) is 12.1 Å². The fraction of sp³-hybridized carbons (Fsp3) is 0.353. The average molecular weight is 319 g/mol. The van der Waals surface area contributed by atoms with Crippen molar-refractivity contribution in [3.63, 3.8) is 0 Å². The van der Waals surface area contributed by atoms with Gasteiger partial charge in [0.1, 0.15) is 23.6 Å². The number of ether oxygens (including phenoxy) is 2. The molecule has 0 saturated carbocycles. The van der Waals surface area contributed by atoms with Gasteiger partial charge in [-0.3, -0.25) is 0 Å². The van der Waals surface area contributed by atoms with E-state index in [0.717, 1.165) is 25.1 Å². The molecule has 0 amide bonds. The molecule has 0 bridgehead atoms. The molecular formula is C17H19ClN2O2. The van der Waals surface area contributed by atoms with Gasteiger partial charge < -0.3 is 14.4 Å². The van der Waals surface area contributed by atoms with Crippen molar-refractivity contribution >= 4 is 11.6 Å². The maximum Gasteiger partial charge on any atom is 0.218 e. The van der Waals surface area contributed by atoms with Gasteiger partial charge in [0, 0.05) is 25.2 Å². The van der Waals surface area contributed by atoms with Crippen LogP contribution in [0.4, 0.5) is 0 Å². The van der Waals surface area contributed by atoms with Crippen molar-refractivity contribution in [2.24, 2.45) is 0 Å². The van der Waals surface area contributed by atoms with Crippen molar-refractivity contribution < 1.29 is 9.47 Å². The summed E-state index contributed by atoms with van der Waals surface area (Å²) in [6, 6.07) is 13.5. The summed E-state index contributed by atoms with van der Waals surface area (Å²) in [4.78, 5) is 6.46. The first-order chi connectivity index (χ1) is 10.7. The Labute approximate surface area is 135 Å². The summed E-state index contributed by atoms with van der Waals surface area (Å²) < 4.78 is 11.7. The number of hydrogen-bond acceptors (Lipinski definition) is 4. The zero-order valence-corrected chi connectivity index (χ0v) is 13.3. The molecule has 2 heterocycles. The minimum Gasteiger partial charge on any atom is -0.489 e. The summed E-state index contributed by atoms with van der Waals surface area (Å²) in [7, 11) is 2.09. The van der Waals surface area contributed by atoms with Crippen LogP contribution in [-0.4, -0.2) is 36.1 Å². The molecule has 5 heteroatoms. The first kappa shape index (κ1) is 15.1. The van der Waals surface area contributed by atoms with Gasteiger partial charge in [-0.1, -0.05) is 41.9 Å². The Morgan fingerprint density at radius 3 is 2.82 bits per heavy atom. The molecule has 3 rings (SSSR count). The van der Waals surface area contributed by atoms with Gasteiger partial charge in [-0.15, -0.1) is 0 Å². The molecule has 1 atom stereocenters. The third-order valence-electron chi connectivity index (χ3n) is 3.63. The number of rotatable bonds is 5. The summed E-state index contributed by atoms with van der Waals surface area (Å²) in [6.07, 6.45) is 1.17. The van der Waals surface area contributed by atoms with Crippen LogP contribution in [0.2, 0.25) is 5.15 Å². The molecule has 4 nitrogen and oxygen atoms in total. The van der Waals surface area contributed by atoms with Gasteiger partial charge in [0.15, 0.2) is 0 Å². The predicted octanol–water partition coefficient (Wildman–Crippen LogP) is 3.40. The van der Waals surface area contributed by atoms with E-state index in [1.807, 2.05) is 30.3 Å². The van der Waals surface area contributed by atoms with Crippen LogP contribution in [0.5, 0.6) is 11.6 Å². The number of nitrogens with zero attached hydrogens (tertiary/aromatic N) is 2. The van der Waals surface area contributed by atoms with E-state index in [2.05, 4.69) is 16.9 Å². The van der Waals surface area contributed by atoms with Crippen molar-refractivity contribution in [2.45, 2.75) is 19.1 Å². The molecule has 1 aromatic heterocycles. The second kappa shape index (κ2) is 6.99. The minimum atomic E-state index is 0.165. The molecule has 1 aliphatic heterocycles. The van der Waals surface area contributed by atoms with E-state index in [4.69, 9.17) is 21.1 Å². The third-order valence-corrected chi connectivity index (χ3v) is 3.82. The highest BCUT2D eigenvalue weighted by atomic mass is 35.5. The van der Waals surface area contributed by atoms with Crippen LogP contribution in [-0.2, 0) is 6.61 Å². The molecule has 1 saturated heterocycles. The van der Waals surface area contributed by atoms with Gasteiger partial charge in [-0.25, -0.2) is 4.98 Å². The van der Waals surface area contributed by atoms with Crippen LogP contribution in [0.25, 0.3) is 0 Å². The van der Waals surface area contributed by atoms with Gasteiger partial charge in [-0.05, 0) is 19.0 Å². The Balaban J connectivity index is 1.64. The van der Waals surface area contributed by atoms with Crippen LogP contribution in [0.15, 0.2) is 42.5 Å². The first-order valence-corrected chi connectivity index (χ1v) is 7.76. The van der Waals surface area contributed by atoms with Crippen LogP contribution in [0.1, 0.15) is 12.0 Å². The Morgan fingerprint density at radius 2 is 2.09 bits per heavy atom. The molecule has 1 aromatic carbocycles. The van der Waals surface area contributed by atoms with E-state index >= 15 is 0 Å². The molecule has 0 N–H and O–H groups in total. The number of likely N-dealkylation sites (tertiary alicyclic amines) is 1. The smallest absolute Gasteiger partial charge is 0.218 e. The lowest BCUT2D eigenvalue weighted by Gasteiger charge is -2.14. The largest absolute Gasteiger partial charge is 0.489 e. The molecule has 0 unspecified atom stereocenters. The van der Waals surface area contributed by atoms with Gasteiger partial charge in [-0.2, -0.15) is 0 Å². The average Bonchev–Trinajstić information content (AvgIpc) is 2.91. The highest BCUT2D eigenvalue weighted by Crippen LogP contribution is 2.25. The molecule has 1 fully saturated rings. The normalized spacial score (nSPS) is 18.4. The Kier molecular flexibility index (Phi) is 4.80. The summed E-state index contributed by atoms with van der Waals surface area (Å²) in [5.74, 6) is 1.20. The molecule has 22 heavy (non-hydrogen) atoms. The Bertz CT molecular complexity index is 621. The Hall–Kier alpha value is -1.78. The lowest BCUT2D eigenvalue weighted by Crippen LogP contribution is -2.21. The molecule has 2 aromatic rings. The van der Waals surface area contributed by atoms with E-state index in [1.165, 1.54) is 0 Å². The Morgan fingerprint density at radius 1 is 1.27 bits per heavy atom. The second-order valence-corrected chi connectivity index (χ2v) is 5.92. The van der Waals surface area contributed by atoms with Crippen molar-refractivity contribution in [3.8, 4) is 11.6 Å². The van der Waals surface area contributed by atoms with Crippen LogP contribution >= 0.6 is 11.6 Å². The fourth-order valence-corrected chi connectivity index (χ4v) is 2.69. The number of hydrogen-bond donors (Lipinski definition) is 0. The second-order valence-electron chi connectivity index (χ2n) is 5.53. The predicted molar refractivity (Wildman–Crippen MR) is 86.6 cm³/mol. The fourth-order valence-electron chi connectivity index (χ4n) is 2.50. The van der Waals surface area contributed by atoms with Crippen molar-refractivity contribution in [1.29, 1.82) is 0 Å². The molecular weight excluding hydrogens is 300 g/mol. The lowest BCUT2D eigenvalue weighted by molar-refractivity contribution is 0.198. The first-order valence-electron chi connectivity index (χ1n) is 7.38. The van der Waals surface area contributed by atoms with Crippen LogP contribution < -0.4 is 9.47 Å². The lowest BCUT2D eigenvalue weighted by atomic mass is 10.2. The maximum atomic E-state index is 6.06. The number of aromatic nitrogens is 1. The van der Waals surface area contributed by atoms with E-state index < -0.39 is 0 Å². The molecule has 0 spiro atoms. The monoisotopic (exact) mass is 318 g/mol. The van der Waals surface area contributed by atoms with Gasteiger partial charge in [0.05, 0.1) is 0 Å². The molecule has 0 aliphatic carbocycles. The minimum absolute atomic E-state index is 0.165. The molecule has 1 aliphatic rings. The topological polar surface area (TPSA) is 34.6 Å². The van der Waals surface area contributed by atoms with Crippen LogP contribution in [0.3, 0.4) is 0 Å². The van der Waals surface area contributed by atoms with Crippen molar-refractivity contribution in [3.05, 3.63) is 53.2 Å². The number of halogens is 1. The highest BCUT2D eigenvalue weighted by Gasteiger charge is 2.21. The zero-order valence-electron chi connectivity index (χ0n) is 12.5. The van der Waals surface area contributed by atoms with Gasteiger partial charge in [0.25, 0.3) is 0 Å². The third kappa shape index (κ3) is 4.12. The highest BCUT2D eigenvalue weighted by molar-refractivity contribution is 6.29. The summed E-state index contributed by atoms with van der Waals surface area (Å²) in [5.41, 5.74) is 1.11. The van der Waals surface area contributed by atoms with E-state index in [-0.39, 0.29) is 6.10 Å². The number of pyridine rings is 1. The molecule has 116 valence electrons. The zero-order chi connectivity index (χ0) is 15.4. The summed E-state index contributed by atoms with van der Waals surface area (Å²) in [6.45, 7) is 2.45. The van der Waals surface area contributed by atoms with Crippen LogP contribution in [0, 0.1) is 0 Å². The summed E-state index contributed by atoms with van der Waals surface area (Å²) >= 11 is 6.06. The van der Waals surface area contributed by atoms with Crippen molar-refractivity contribution in [1.82, 2.24) is 9.88 Å². The molecule has 0 radical (unpaired) electrons. The van der Waals surface area contributed by atoms with E-state index in [9.17, 15) is 0 Å². The number of benzene rings is 1. The van der Waals surface area contributed by atoms with Gasteiger partial charge >= 0.3 is 0 Å². The summed E-state index contributed by atoms with van der Waals surface area (Å²) in [5, 5.41) is 0.381. The van der Waals surface area contributed by atoms with Crippen molar-refractivity contribution in [2.75, 3.05) is 20.1 Å². The quantitative estimate of drug-likeness (QED) is 0.791. The van der Waals surface area contributed by atoms with E-state index in [0.29, 0.717) is 23.4 Å². The number of likely N-dealkylation sites (N-methyl/N-ethyl adjacent to an activating group) is 1. The van der Waals surface area contributed by atoms with Gasteiger partial charge in [0.2, 0.25) is 5.88 Å².